The van der Waals surface area contributed by atoms with Crippen molar-refractivity contribution < 1.29 is 19.2 Å². The van der Waals surface area contributed by atoms with Gasteiger partial charge < -0.3 is 19.8 Å². The first-order chi connectivity index (χ1) is 9.06. The van der Waals surface area contributed by atoms with Gasteiger partial charge in [0.25, 0.3) is 0 Å². The number of carboxylic acid groups (broad SMARTS) is 1. The summed E-state index contributed by atoms with van der Waals surface area (Å²) >= 11 is 0. The topological polar surface area (TPSA) is 95.7 Å². The summed E-state index contributed by atoms with van der Waals surface area (Å²) in [6.45, 7) is 2.91. The van der Waals surface area contributed by atoms with Gasteiger partial charge in [-0.05, 0) is 19.8 Å². The first kappa shape index (κ1) is 13.4. The van der Waals surface area contributed by atoms with Crippen LogP contribution in [0.3, 0.4) is 0 Å². The van der Waals surface area contributed by atoms with E-state index in [1.54, 1.807) is 13.0 Å². The normalized spacial score (nSPS) is 19.2. The first-order valence-corrected chi connectivity index (χ1v) is 6.24. The molecule has 0 spiro atoms. The highest BCUT2D eigenvalue weighted by Gasteiger charge is 2.27. The van der Waals surface area contributed by atoms with Crippen molar-refractivity contribution in [1.29, 1.82) is 0 Å². The number of nitrogens with zero attached hydrogens (tertiary/aromatic N) is 2. The average molecular weight is 267 g/mol. The molecule has 104 valence electrons. The zero-order valence-corrected chi connectivity index (χ0v) is 10.8. The summed E-state index contributed by atoms with van der Waals surface area (Å²) in [4.78, 5) is 24.4. The zero-order chi connectivity index (χ0) is 13.8. The second kappa shape index (κ2) is 5.73. The van der Waals surface area contributed by atoms with Crippen molar-refractivity contribution in [3.8, 4) is 0 Å². The van der Waals surface area contributed by atoms with Crippen LogP contribution in [0.1, 0.15) is 24.3 Å². The molecule has 0 radical (unpaired) electrons. The van der Waals surface area contributed by atoms with Crippen molar-refractivity contribution in [2.75, 3.05) is 13.1 Å². The Bertz CT molecular complexity index is 471. The fourth-order valence-electron chi connectivity index (χ4n) is 2.14. The van der Waals surface area contributed by atoms with Crippen LogP contribution < -0.4 is 5.32 Å². The molecule has 1 aromatic rings. The Hall–Kier alpha value is -2.05. The van der Waals surface area contributed by atoms with Crippen LogP contribution in [0.4, 0.5) is 4.79 Å². The highest BCUT2D eigenvalue weighted by Crippen LogP contribution is 2.16. The van der Waals surface area contributed by atoms with Gasteiger partial charge in [0.15, 0.2) is 0 Å². The van der Waals surface area contributed by atoms with Crippen molar-refractivity contribution in [3.63, 3.8) is 0 Å². The van der Waals surface area contributed by atoms with Crippen LogP contribution >= 0.6 is 0 Å². The molecule has 2 rings (SSSR count). The first-order valence-electron chi connectivity index (χ1n) is 6.24. The van der Waals surface area contributed by atoms with E-state index in [4.69, 9.17) is 9.63 Å². The van der Waals surface area contributed by atoms with Crippen LogP contribution in [0, 0.1) is 12.8 Å². The number of aryl methyl sites for hydroxylation is 1. The molecule has 2 heterocycles. The maximum Gasteiger partial charge on any atom is 0.317 e. The van der Waals surface area contributed by atoms with E-state index in [1.165, 1.54) is 4.90 Å². The van der Waals surface area contributed by atoms with E-state index in [-0.39, 0.29) is 19.1 Å². The van der Waals surface area contributed by atoms with E-state index >= 15 is 0 Å². The van der Waals surface area contributed by atoms with Crippen LogP contribution in [-0.4, -0.2) is 40.3 Å². The summed E-state index contributed by atoms with van der Waals surface area (Å²) in [7, 11) is 0. The number of carbonyl (C=O) groups is 2. The number of carbonyl (C=O) groups excluding carboxylic acids is 1. The number of carboxylic acids is 1. The van der Waals surface area contributed by atoms with Crippen LogP contribution in [0.25, 0.3) is 0 Å². The third kappa shape index (κ3) is 3.46. The SMILES string of the molecule is Cc1cc(CNC(=O)N2CCC[C@H](C(=O)O)C2)no1. The van der Waals surface area contributed by atoms with E-state index < -0.39 is 11.9 Å². The van der Waals surface area contributed by atoms with Gasteiger partial charge in [0.1, 0.15) is 11.5 Å². The Kier molecular flexibility index (Phi) is 4.03. The van der Waals surface area contributed by atoms with Gasteiger partial charge in [-0.2, -0.15) is 0 Å². The second-order valence-corrected chi connectivity index (χ2v) is 4.71. The van der Waals surface area contributed by atoms with E-state index in [0.29, 0.717) is 30.8 Å². The maximum absolute atomic E-state index is 11.9. The molecule has 0 saturated carbocycles. The van der Waals surface area contributed by atoms with Gasteiger partial charge in [0.2, 0.25) is 0 Å². The lowest BCUT2D eigenvalue weighted by atomic mass is 9.99. The van der Waals surface area contributed by atoms with Gasteiger partial charge in [-0.3, -0.25) is 4.79 Å². The average Bonchev–Trinajstić information content (AvgIpc) is 2.82. The number of amides is 2. The number of hydrogen-bond acceptors (Lipinski definition) is 4. The van der Waals surface area contributed by atoms with Gasteiger partial charge in [0.05, 0.1) is 12.5 Å². The number of piperidine rings is 1. The molecule has 7 heteroatoms. The van der Waals surface area contributed by atoms with Gasteiger partial charge in [0, 0.05) is 19.2 Å². The van der Waals surface area contributed by atoms with Crippen LogP contribution in [0.15, 0.2) is 10.6 Å². The smallest absolute Gasteiger partial charge is 0.317 e. The summed E-state index contributed by atoms with van der Waals surface area (Å²) in [6.07, 6.45) is 1.34. The summed E-state index contributed by atoms with van der Waals surface area (Å²) in [5, 5.41) is 15.5. The van der Waals surface area contributed by atoms with Crippen LogP contribution in [0.5, 0.6) is 0 Å². The summed E-state index contributed by atoms with van der Waals surface area (Å²) in [5.74, 6) is -0.619. The van der Waals surface area contributed by atoms with Gasteiger partial charge >= 0.3 is 12.0 Å². The fraction of sp³-hybridized carbons (Fsp3) is 0.583. The van der Waals surface area contributed by atoms with Crippen LogP contribution in [-0.2, 0) is 11.3 Å². The molecule has 1 fully saturated rings. The Morgan fingerprint density at radius 3 is 3.05 bits per heavy atom. The molecule has 0 bridgehead atoms. The molecule has 1 saturated heterocycles. The third-order valence-corrected chi connectivity index (χ3v) is 3.16. The molecule has 1 atom stereocenters. The van der Waals surface area contributed by atoms with Crippen molar-refractivity contribution in [2.24, 2.45) is 5.92 Å². The molecule has 1 aliphatic rings. The Balaban J connectivity index is 1.84. The van der Waals surface area contributed by atoms with Crippen molar-refractivity contribution >= 4 is 12.0 Å². The summed E-state index contributed by atoms with van der Waals surface area (Å²) in [5.41, 5.74) is 0.651. The minimum Gasteiger partial charge on any atom is -0.481 e. The van der Waals surface area contributed by atoms with Crippen molar-refractivity contribution in [3.05, 3.63) is 17.5 Å². The number of aliphatic carboxylic acids is 1. The highest BCUT2D eigenvalue weighted by atomic mass is 16.5. The van der Waals surface area contributed by atoms with Crippen molar-refractivity contribution in [1.82, 2.24) is 15.4 Å². The van der Waals surface area contributed by atoms with E-state index in [1.807, 2.05) is 0 Å². The van der Waals surface area contributed by atoms with Gasteiger partial charge in [-0.1, -0.05) is 5.16 Å². The minimum absolute atomic E-state index is 0.258. The number of likely N-dealkylation sites (tertiary alicyclic amines) is 1. The Labute approximate surface area is 110 Å². The third-order valence-electron chi connectivity index (χ3n) is 3.16. The molecule has 0 aromatic carbocycles. The van der Waals surface area contributed by atoms with E-state index in [9.17, 15) is 9.59 Å². The van der Waals surface area contributed by atoms with Crippen LogP contribution in [0.2, 0.25) is 0 Å². The molecular formula is C12H17N3O4. The van der Waals surface area contributed by atoms with Crippen molar-refractivity contribution in [2.45, 2.75) is 26.3 Å². The summed E-state index contributed by atoms with van der Waals surface area (Å²) < 4.78 is 4.90. The summed E-state index contributed by atoms with van der Waals surface area (Å²) in [6, 6.07) is 1.49. The second-order valence-electron chi connectivity index (χ2n) is 4.71. The monoisotopic (exact) mass is 267 g/mol. The van der Waals surface area contributed by atoms with E-state index in [2.05, 4.69) is 10.5 Å². The Morgan fingerprint density at radius 1 is 1.63 bits per heavy atom. The lowest BCUT2D eigenvalue weighted by Crippen LogP contribution is -2.46. The Morgan fingerprint density at radius 2 is 2.42 bits per heavy atom. The molecule has 0 unspecified atom stereocenters. The zero-order valence-electron chi connectivity index (χ0n) is 10.8. The predicted octanol–water partition coefficient (Wildman–Crippen LogP) is 0.989. The lowest BCUT2D eigenvalue weighted by molar-refractivity contribution is -0.143. The highest BCUT2D eigenvalue weighted by molar-refractivity contribution is 5.76. The van der Waals surface area contributed by atoms with Gasteiger partial charge in [-0.25, -0.2) is 4.79 Å². The molecule has 1 aliphatic heterocycles. The molecular weight excluding hydrogens is 250 g/mol. The largest absolute Gasteiger partial charge is 0.481 e. The number of urea groups is 1. The quantitative estimate of drug-likeness (QED) is 0.851. The number of aromatic nitrogens is 1. The standard InChI is InChI=1S/C12H17N3O4/c1-8-5-10(14-19-8)6-13-12(18)15-4-2-3-9(7-15)11(16)17/h5,9H,2-4,6-7H2,1H3,(H,13,18)(H,16,17)/t9-/m0/s1. The minimum atomic E-state index is -0.843. The molecule has 7 nitrogen and oxygen atoms in total. The molecule has 19 heavy (non-hydrogen) atoms. The predicted molar refractivity (Wildman–Crippen MR) is 65.4 cm³/mol. The number of rotatable bonds is 3. The number of nitrogens with one attached hydrogen (secondary N) is 1. The molecule has 2 amide bonds. The number of hydrogen-bond donors (Lipinski definition) is 2. The molecule has 0 aliphatic carbocycles. The molecule has 2 N–H and O–H groups in total. The van der Waals surface area contributed by atoms with Gasteiger partial charge in [-0.15, -0.1) is 0 Å². The van der Waals surface area contributed by atoms with E-state index in [0.717, 1.165) is 0 Å². The lowest BCUT2D eigenvalue weighted by Gasteiger charge is -2.30. The fourth-order valence-corrected chi connectivity index (χ4v) is 2.14. The molecule has 1 aromatic heterocycles. The maximum atomic E-state index is 11.9.